The zero-order chi connectivity index (χ0) is 17.2. The summed E-state index contributed by atoms with van der Waals surface area (Å²) in [4.78, 5) is 31.1. The summed E-state index contributed by atoms with van der Waals surface area (Å²) >= 11 is 0. The highest BCUT2D eigenvalue weighted by Crippen LogP contribution is 2.25. The maximum absolute atomic E-state index is 12.2. The van der Waals surface area contributed by atoms with Gasteiger partial charge in [-0.15, -0.1) is 0 Å². The normalized spacial score (nSPS) is 19.5. The molecule has 1 saturated heterocycles. The molecule has 1 amide bonds. The Morgan fingerprint density at radius 1 is 1.30 bits per heavy atom. The molecule has 126 valence electrons. The molecule has 0 aromatic carbocycles. The van der Waals surface area contributed by atoms with Gasteiger partial charge in [0, 0.05) is 32.0 Å². The Labute approximate surface area is 135 Å². The van der Waals surface area contributed by atoms with Crippen LogP contribution in [0.4, 0.5) is 4.79 Å². The third-order valence-electron chi connectivity index (χ3n) is 3.69. The van der Waals surface area contributed by atoms with E-state index in [2.05, 4.69) is 9.88 Å². The first-order chi connectivity index (χ1) is 10.7. The standard InChI is InChI=1S/C16H23N3O4/c1-16(2,3)23-15(22)19-6-5-18(4)13(10-19)11-7-12(14(20)21)9-17-8-11/h7-9,13H,5-6,10H2,1-4H3,(H,20,21). The van der Waals surface area contributed by atoms with Gasteiger partial charge >= 0.3 is 12.1 Å². The average Bonchev–Trinajstić information content (AvgIpc) is 2.46. The number of ether oxygens (including phenoxy) is 1. The van der Waals surface area contributed by atoms with Crippen molar-refractivity contribution >= 4 is 12.1 Å². The number of pyridine rings is 1. The van der Waals surface area contributed by atoms with Crippen LogP contribution in [-0.4, -0.2) is 64.2 Å². The van der Waals surface area contributed by atoms with Crippen LogP contribution in [0.5, 0.6) is 0 Å². The van der Waals surface area contributed by atoms with Crippen LogP contribution >= 0.6 is 0 Å². The number of rotatable bonds is 2. The van der Waals surface area contributed by atoms with Crippen molar-refractivity contribution in [2.45, 2.75) is 32.4 Å². The van der Waals surface area contributed by atoms with Gasteiger partial charge in [0.15, 0.2) is 0 Å². The highest BCUT2D eigenvalue weighted by Gasteiger charge is 2.31. The summed E-state index contributed by atoms with van der Waals surface area (Å²) in [5.41, 5.74) is 0.381. The van der Waals surface area contributed by atoms with Gasteiger partial charge in [-0.2, -0.15) is 0 Å². The van der Waals surface area contributed by atoms with Gasteiger partial charge in [-0.25, -0.2) is 9.59 Å². The lowest BCUT2D eigenvalue weighted by Crippen LogP contribution is -2.50. The Morgan fingerprint density at radius 2 is 2.00 bits per heavy atom. The van der Waals surface area contributed by atoms with Gasteiger partial charge in [0.1, 0.15) is 5.60 Å². The molecule has 0 spiro atoms. The number of carboxylic acid groups (broad SMARTS) is 1. The quantitative estimate of drug-likeness (QED) is 0.897. The predicted octanol–water partition coefficient (Wildman–Crippen LogP) is 2.00. The lowest BCUT2D eigenvalue weighted by molar-refractivity contribution is 0.00731. The molecule has 1 N–H and O–H groups in total. The Kier molecular flexibility index (Phi) is 4.89. The van der Waals surface area contributed by atoms with E-state index in [-0.39, 0.29) is 17.7 Å². The number of likely N-dealkylation sites (N-methyl/N-ethyl adjacent to an activating group) is 1. The van der Waals surface area contributed by atoms with Crippen LogP contribution in [0.25, 0.3) is 0 Å². The van der Waals surface area contributed by atoms with Crippen molar-refractivity contribution in [3.8, 4) is 0 Å². The largest absolute Gasteiger partial charge is 0.478 e. The zero-order valence-electron chi connectivity index (χ0n) is 13.9. The molecule has 0 saturated carbocycles. The third kappa shape index (κ3) is 4.41. The molecule has 1 aliphatic rings. The zero-order valence-corrected chi connectivity index (χ0v) is 13.9. The molecule has 1 aliphatic heterocycles. The van der Waals surface area contributed by atoms with Crippen LogP contribution in [0.15, 0.2) is 18.5 Å². The Bertz CT molecular complexity index is 597. The molecule has 1 aromatic heterocycles. The smallest absolute Gasteiger partial charge is 0.410 e. The Morgan fingerprint density at radius 3 is 2.61 bits per heavy atom. The number of nitrogens with zero attached hydrogens (tertiary/aromatic N) is 3. The molecule has 23 heavy (non-hydrogen) atoms. The molecule has 2 heterocycles. The third-order valence-corrected chi connectivity index (χ3v) is 3.69. The fourth-order valence-electron chi connectivity index (χ4n) is 2.48. The van der Waals surface area contributed by atoms with Crippen LogP contribution in [0, 0.1) is 0 Å². The fraction of sp³-hybridized carbons (Fsp3) is 0.562. The van der Waals surface area contributed by atoms with Crippen LogP contribution in [-0.2, 0) is 4.74 Å². The van der Waals surface area contributed by atoms with Gasteiger partial charge < -0.3 is 14.7 Å². The van der Waals surface area contributed by atoms with Crippen molar-refractivity contribution in [3.63, 3.8) is 0 Å². The second kappa shape index (κ2) is 6.54. The number of piperazine rings is 1. The molecule has 2 rings (SSSR count). The second-order valence-corrected chi connectivity index (χ2v) is 6.73. The summed E-state index contributed by atoms with van der Waals surface area (Å²) in [5, 5.41) is 9.10. The summed E-state index contributed by atoms with van der Waals surface area (Å²) in [6.45, 7) is 7.20. The first kappa shape index (κ1) is 17.2. The average molecular weight is 321 g/mol. The topological polar surface area (TPSA) is 83.0 Å². The van der Waals surface area contributed by atoms with Crippen molar-refractivity contribution < 1.29 is 19.4 Å². The number of hydrogen-bond donors (Lipinski definition) is 1. The molecule has 7 heteroatoms. The first-order valence-electron chi connectivity index (χ1n) is 7.54. The number of carbonyl (C=O) groups excluding carboxylic acids is 1. The summed E-state index contributed by atoms with van der Waals surface area (Å²) in [5.74, 6) is -1.01. The predicted molar refractivity (Wildman–Crippen MR) is 84.4 cm³/mol. The molecule has 0 aliphatic carbocycles. The molecule has 0 bridgehead atoms. The van der Waals surface area contributed by atoms with Crippen LogP contribution < -0.4 is 0 Å². The van der Waals surface area contributed by atoms with Crippen molar-refractivity contribution in [2.24, 2.45) is 0 Å². The first-order valence-corrected chi connectivity index (χ1v) is 7.54. The SMILES string of the molecule is CN1CCN(C(=O)OC(C)(C)C)CC1c1cncc(C(=O)O)c1. The number of carboxylic acids is 1. The minimum absolute atomic E-state index is 0.108. The van der Waals surface area contributed by atoms with Gasteiger partial charge in [0.05, 0.1) is 11.6 Å². The van der Waals surface area contributed by atoms with E-state index in [0.717, 1.165) is 5.56 Å². The Hall–Kier alpha value is -2.15. The highest BCUT2D eigenvalue weighted by molar-refractivity contribution is 5.87. The van der Waals surface area contributed by atoms with E-state index in [1.54, 1.807) is 17.2 Å². The minimum Gasteiger partial charge on any atom is -0.478 e. The van der Waals surface area contributed by atoms with Gasteiger partial charge in [0.25, 0.3) is 0 Å². The highest BCUT2D eigenvalue weighted by atomic mass is 16.6. The number of aromatic nitrogens is 1. The van der Waals surface area contributed by atoms with E-state index in [9.17, 15) is 9.59 Å². The second-order valence-electron chi connectivity index (χ2n) is 6.73. The van der Waals surface area contributed by atoms with Crippen LogP contribution in [0.1, 0.15) is 42.7 Å². The van der Waals surface area contributed by atoms with E-state index in [4.69, 9.17) is 9.84 Å². The number of carbonyl (C=O) groups is 2. The van der Waals surface area contributed by atoms with Crippen molar-refractivity contribution in [2.75, 3.05) is 26.7 Å². The van der Waals surface area contributed by atoms with Crippen molar-refractivity contribution in [3.05, 3.63) is 29.6 Å². The van der Waals surface area contributed by atoms with Crippen molar-refractivity contribution in [1.82, 2.24) is 14.8 Å². The molecule has 0 radical (unpaired) electrons. The molecular weight excluding hydrogens is 298 g/mol. The monoisotopic (exact) mass is 321 g/mol. The minimum atomic E-state index is -1.01. The summed E-state index contributed by atoms with van der Waals surface area (Å²) in [6.07, 6.45) is 2.62. The maximum Gasteiger partial charge on any atom is 0.410 e. The van der Waals surface area contributed by atoms with Crippen LogP contribution in [0.3, 0.4) is 0 Å². The van der Waals surface area contributed by atoms with E-state index in [0.29, 0.717) is 19.6 Å². The van der Waals surface area contributed by atoms with Gasteiger partial charge in [-0.1, -0.05) is 0 Å². The van der Waals surface area contributed by atoms with Crippen LogP contribution in [0.2, 0.25) is 0 Å². The lowest BCUT2D eigenvalue weighted by Gasteiger charge is -2.39. The van der Waals surface area contributed by atoms with E-state index in [1.807, 2.05) is 27.8 Å². The Balaban J connectivity index is 2.16. The van der Waals surface area contributed by atoms with Crippen molar-refractivity contribution in [1.29, 1.82) is 0 Å². The van der Waals surface area contributed by atoms with Gasteiger partial charge in [0.2, 0.25) is 0 Å². The summed E-state index contributed by atoms with van der Waals surface area (Å²) in [6, 6.07) is 1.50. The molecule has 1 aromatic rings. The number of aromatic carboxylic acids is 1. The molecule has 1 atom stereocenters. The van der Waals surface area contributed by atoms with E-state index < -0.39 is 11.6 Å². The lowest BCUT2D eigenvalue weighted by atomic mass is 10.0. The molecule has 1 unspecified atom stereocenters. The summed E-state index contributed by atoms with van der Waals surface area (Å²) in [7, 11) is 1.95. The molecule has 1 fully saturated rings. The fourth-order valence-corrected chi connectivity index (χ4v) is 2.48. The summed E-state index contributed by atoms with van der Waals surface area (Å²) < 4.78 is 5.42. The molecule has 7 nitrogen and oxygen atoms in total. The number of amides is 1. The van der Waals surface area contributed by atoms with Gasteiger partial charge in [-0.05, 0) is 39.4 Å². The van der Waals surface area contributed by atoms with Gasteiger partial charge in [-0.3, -0.25) is 9.88 Å². The van der Waals surface area contributed by atoms with E-state index >= 15 is 0 Å². The number of hydrogen-bond acceptors (Lipinski definition) is 5. The molecular formula is C16H23N3O4. The maximum atomic E-state index is 12.2. The van der Waals surface area contributed by atoms with E-state index in [1.165, 1.54) is 6.20 Å².